The van der Waals surface area contributed by atoms with Crippen molar-refractivity contribution in [3.8, 4) is 5.75 Å². The highest BCUT2D eigenvalue weighted by molar-refractivity contribution is 8.00. The van der Waals surface area contributed by atoms with E-state index in [9.17, 15) is 9.90 Å². The van der Waals surface area contributed by atoms with Crippen LogP contribution in [-0.4, -0.2) is 87.3 Å². The Morgan fingerprint density at radius 1 is 1.33 bits per heavy atom. The van der Waals surface area contributed by atoms with E-state index in [1.165, 1.54) is 22.8 Å². The summed E-state index contributed by atoms with van der Waals surface area (Å²) in [5.41, 5.74) is 1.06. The lowest BCUT2D eigenvalue weighted by atomic mass is 9.99. The maximum Gasteiger partial charge on any atom is 0.264 e. The summed E-state index contributed by atoms with van der Waals surface area (Å²) in [4.78, 5) is 21.8. The van der Waals surface area contributed by atoms with Crippen molar-refractivity contribution in [3.05, 3.63) is 36.2 Å². The maximum atomic E-state index is 13.0. The number of aliphatic hydroxyl groups excluding tert-OH is 1. The van der Waals surface area contributed by atoms with E-state index in [-0.39, 0.29) is 23.8 Å². The van der Waals surface area contributed by atoms with E-state index in [1.807, 2.05) is 18.2 Å². The molecule has 2 aliphatic heterocycles. The summed E-state index contributed by atoms with van der Waals surface area (Å²) in [5, 5.41) is 13.6. The summed E-state index contributed by atoms with van der Waals surface area (Å²) in [5.74, 6) is 0.751. The van der Waals surface area contributed by atoms with Crippen LogP contribution in [-0.2, 0) is 0 Å². The summed E-state index contributed by atoms with van der Waals surface area (Å²) in [6, 6.07) is 7.85. The van der Waals surface area contributed by atoms with Gasteiger partial charge in [-0.3, -0.25) is 14.6 Å². The highest BCUT2D eigenvalue weighted by Crippen LogP contribution is 2.41. The van der Waals surface area contributed by atoms with Crippen molar-refractivity contribution in [1.29, 1.82) is 0 Å². The minimum Gasteiger partial charge on any atom is -0.497 e. The molecule has 1 saturated heterocycles. The third kappa shape index (κ3) is 3.60. The summed E-state index contributed by atoms with van der Waals surface area (Å²) in [6.07, 6.45) is 1.42. The Kier molecular flexibility index (Phi) is 5.44. The van der Waals surface area contributed by atoms with Gasteiger partial charge in [-0.2, -0.15) is 9.78 Å². The van der Waals surface area contributed by atoms with Crippen molar-refractivity contribution < 1.29 is 14.6 Å². The number of hydrogen-bond acceptors (Lipinski definition) is 8. The lowest BCUT2D eigenvalue weighted by molar-refractivity contribution is 0.0688. The van der Waals surface area contributed by atoms with Crippen molar-refractivity contribution >= 4 is 17.7 Å². The molecule has 3 heterocycles. The normalized spacial score (nSPS) is 22.0. The number of fused-ring (bicyclic) bond motifs is 1. The van der Waals surface area contributed by atoms with Gasteiger partial charge in [0, 0.05) is 32.7 Å². The van der Waals surface area contributed by atoms with E-state index in [0.717, 1.165) is 37.5 Å². The topological polar surface area (TPSA) is 83.7 Å². The average Bonchev–Trinajstić information content (AvgIpc) is 3.27. The van der Waals surface area contributed by atoms with Crippen LogP contribution in [0.15, 0.2) is 35.7 Å². The van der Waals surface area contributed by atoms with Gasteiger partial charge in [-0.1, -0.05) is 23.9 Å². The molecule has 144 valence electrons. The number of nitrogens with zero attached hydrogens (tertiary/aromatic N) is 5. The number of piperazine rings is 1. The number of rotatable bonds is 6. The van der Waals surface area contributed by atoms with Crippen molar-refractivity contribution in [1.82, 2.24) is 24.6 Å². The van der Waals surface area contributed by atoms with Gasteiger partial charge in [0.15, 0.2) is 5.16 Å². The van der Waals surface area contributed by atoms with Crippen LogP contribution in [0, 0.1) is 0 Å². The number of aromatic nitrogens is 3. The number of carbonyl (C=O) groups excluding carboxylic acids is 1. The van der Waals surface area contributed by atoms with Crippen molar-refractivity contribution in [3.63, 3.8) is 0 Å². The molecule has 2 aliphatic rings. The monoisotopic (exact) mass is 389 g/mol. The smallest absolute Gasteiger partial charge is 0.264 e. The molecule has 4 rings (SSSR count). The van der Waals surface area contributed by atoms with Crippen molar-refractivity contribution in [2.75, 3.05) is 46.4 Å². The average molecular weight is 389 g/mol. The third-order valence-electron chi connectivity index (χ3n) is 5.14. The van der Waals surface area contributed by atoms with Gasteiger partial charge in [0.2, 0.25) is 0 Å². The van der Waals surface area contributed by atoms with E-state index in [2.05, 4.69) is 25.9 Å². The first kappa shape index (κ1) is 18.4. The van der Waals surface area contributed by atoms with Crippen molar-refractivity contribution in [2.24, 2.45) is 0 Å². The zero-order valence-corrected chi connectivity index (χ0v) is 16.0. The first-order valence-electron chi connectivity index (χ1n) is 9.03. The van der Waals surface area contributed by atoms with E-state index in [1.54, 1.807) is 7.11 Å². The first-order chi connectivity index (χ1) is 13.2. The van der Waals surface area contributed by atoms with Crippen LogP contribution in [0.25, 0.3) is 0 Å². The SMILES string of the molecule is COc1cccc(C(C2Sc3ncnn3C2=O)N2CCN(CCO)CC2)c1. The Labute approximate surface area is 162 Å². The molecule has 1 aromatic carbocycles. The minimum atomic E-state index is -0.294. The molecular formula is C18H23N5O3S. The largest absolute Gasteiger partial charge is 0.497 e. The molecular weight excluding hydrogens is 366 g/mol. The lowest BCUT2D eigenvalue weighted by Crippen LogP contribution is -2.50. The standard InChI is InChI=1S/C18H23N5O3S/c1-26-14-4-2-3-13(11-14)15(22-7-5-21(6-8-22)9-10-24)16-17(25)23-18(27-16)19-12-20-23/h2-4,11-12,15-16,24H,5-10H2,1H3. The molecule has 1 fully saturated rings. The van der Waals surface area contributed by atoms with E-state index < -0.39 is 0 Å². The lowest BCUT2D eigenvalue weighted by Gasteiger charge is -2.40. The summed E-state index contributed by atoms with van der Waals surface area (Å²) in [7, 11) is 1.65. The fourth-order valence-electron chi connectivity index (χ4n) is 3.76. The number of hydrogen-bond donors (Lipinski definition) is 1. The van der Waals surface area contributed by atoms with E-state index >= 15 is 0 Å². The maximum absolute atomic E-state index is 13.0. The van der Waals surface area contributed by atoms with Crippen LogP contribution in [0.2, 0.25) is 0 Å². The Hall–Kier alpha value is -1.94. The molecule has 1 aromatic heterocycles. The quantitative estimate of drug-likeness (QED) is 0.775. The van der Waals surface area contributed by atoms with Crippen LogP contribution in [0.1, 0.15) is 16.4 Å². The van der Waals surface area contributed by atoms with Gasteiger partial charge in [0.25, 0.3) is 5.91 Å². The van der Waals surface area contributed by atoms with Gasteiger partial charge < -0.3 is 9.84 Å². The van der Waals surface area contributed by atoms with Crippen LogP contribution < -0.4 is 4.74 Å². The second-order valence-corrected chi connectivity index (χ2v) is 7.76. The number of methoxy groups -OCH3 is 1. The van der Waals surface area contributed by atoms with E-state index in [0.29, 0.717) is 11.7 Å². The number of benzene rings is 1. The molecule has 0 radical (unpaired) electrons. The Balaban J connectivity index is 1.62. The Bertz CT molecular complexity index is 806. The number of aliphatic hydroxyl groups is 1. The molecule has 0 saturated carbocycles. The second-order valence-electron chi connectivity index (χ2n) is 6.65. The molecule has 2 aromatic rings. The molecule has 27 heavy (non-hydrogen) atoms. The fourth-order valence-corrected chi connectivity index (χ4v) is 4.99. The molecule has 1 N–H and O–H groups in total. The Morgan fingerprint density at radius 2 is 2.15 bits per heavy atom. The minimum absolute atomic E-state index is 0.0295. The van der Waals surface area contributed by atoms with Gasteiger partial charge in [0.1, 0.15) is 17.3 Å². The summed E-state index contributed by atoms with van der Waals surface area (Å²) >= 11 is 1.48. The molecule has 0 amide bonds. The molecule has 0 bridgehead atoms. The first-order valence-corrected chi connectivity index (χ1v) is 9.91. The van der Waals surface area contributed by atoms with Crippen LogP contribution in [0.3, 0.4) is 0 Å². The van der Waals surface area contributed by atoms with Crippen molar-refractivity contribution in [2.45, 2.75) is 16.4 Å². The molecule has 8 nitrogen and oxygen atoms in total. The van der Waals surface area contributed by atoms with E-state index in [4.69, 9.17) is 4.74 Å². The fraction of sp³-hybridized carbons (Fsp3) is 0.500. The second kappa shape index (κ2) is 7.97. The molecule has 2 unspecified atom stereocenters. The molecule has 0 aliphatic carbocycles. The highest BCUT2D eigenvalue weighted by Gasteiger charge is 2.43. The number of ether oxygens (including phenoxy) is 1. The Morgan fingerprint density at radius 3 is 2.85 bits per heavy atom. The van der Waals surface area contributed by atoms with Crippen LogP contribution >= 0.6 is 11.8 Å². The van der Waals surface area contributed by atoms with Crippen LogP contribution in [0.4, 0.5) is 0 Å². The third-order valence-corrected chi connectivity index (χ3v) is 6.34. The van der Waals surface area contributed by atoms with Gasteiger partial charge in [-0.15, -0.1) is 0 Å². The van der Waals surface area contributed by atoms with Gasteiger partial charge in [0.05, 0.1) is 19.8 Å². The summed E-state index contributed by atoms with van der Waals surface area (Å²) < 4.78 is 6.81. The molecule has 0 spiro atoms. The number of β-amino-alcohol motifs (C(OH)–C–C–N with tert-alkyl or cyclic N) is 1. The van der Waals surface area contributed by atoms with Gasteiger partial charge >= 0.3 is 0 Å². The highest BCUT2D eigenvalue weighted by atomic mass is 32.2. The van der Waals surface area contributed by atoms with Gasteiger partial charge in [-0.25, -0.2) is 4.98 Å². The zero-order valence-electron chi connectivity index (χ0n) is 15.2. The summed E-state index contributed by atoms with van der Waals surface area (Å²) in [6.45, 7) is 4.27. The predicted octanol–water partition coefficient (Wildman–Crippen LogP) is 0.752. The predicted molar refractivity (Wildman–Crippen MR) is 101 cm³/mol. The van der Waals surface area contributed by atoms with Crippen LogP contribution in [0.5, 0.6) is 5.75 Å². The zero-order chi connectivity index (χ0) is 18.8. The number of thioether (sulfide) groups is 1. The molecule has 2 atom stereocenters. The van der Waals surface area contributed by atoms with Gasteiger partial charge in [-0.05, 0) is 17.7 Å². The number of carbonyl (C=O) groups is 1. The molecule has 9 heteroatoms.